The third-order valence-corrected chi connectivity index (χ3v) is 4.19. The summed E-state index contributed by atoms with van der Waals surface area (Å²) in [7, 11) is 0. The lowest BCUT2D eigenvalue weighted by atomic mass is 10.1. The van der Waals surface area contributed by atoms with Gasteiger partial charge in [0.25, 0.3) is 5.91 Å². The molecule has 1 aliphatic rings. The lowest BCUT2D eigenvalue weighted by molar-refractivity contribution is -0.114. The number of rotatable bonds is 6. The van der Waals surface area contributed by atoms with Crippen molar-refractivity contribution in [3.8, 4) is 5.75 Å². The molecular weight excluding hydrogens is 316 g/mol. The number of amides is 2. The van der Waals surface area contributed by atoms with Gasteiger partial charge < -0.3 is 15.4 Å². The average Bonchev–Trinajstić information content (AvgIpc) is 3.35. The van der Waals surface area contributed by atoms with Crippen molar-refractivity contribution in [2.75, 3.05) is 11.9 Å². The molecule has 2 N–H and O–H groups in total. The van der Waals surface area contributed by atoms with Crippen LogP contribution in [-0.4, -0.2) is 24.5 Å². The van der Waals surface area contributed by atoms with Crippen molar-refractivity contribution in [2.24, 2.45) is 0 Å². The average molecular weight is 338 g/mol. The standard InChI is InChI=1S/C20H22N2O3/c1-3-25-17-10-6-14(7-11-17)18-12-19(18)22-20(24)15-4-8-16(9-5-15)21-13(2)23/h4-11,18-19H,3,12H2,1-2H3,(H,21,23)(H,22,24)/t18-,19+/m0/s1. The first-order valence-electron chi connectivity index (χ1n) is 8.48. The van der Waals surface area contributed by atoms with Crippen LogP contribution in [0.3, 0.4) is 0 Å². The fourth-order valence-corrected chi connectivity index (χ4v) is 2.86. The van der Waals surface area contributed by atoms with Crippen LogP contribution in [0.5, 0.6) is 5.75 Å². The van der Waals surface area contributed by atoms with Crippen LogP contribution in [0.15, 0.2) is 48.5 Å². The third-order valence-electron chi connectivity index (χ3n) is 4.19. The van der Waals surface area contributed by atoms with Crippen molar-refractivity contribution in [2.45, 2.75) is 32.2 Å². The first kappa shape index (κ1) is 17.0. The van der Waals surface area contributed by atoms with Gasteiger partial charge in [-0.05, 0) is 55.3 Å². The molecule has 2 aromatic carbocycles. The molecule has 2 atom stereocenters. The molecule has 3 rings (SSSR count). The summed E-state index contributed by atoms with van der Waals surface area (Å²) in [5, 5.41) is 5.75. The van der Waals surface area contributed by atoms with E-state index in [0.717, 1.165) is 12.2 Å². The van der Waals surface area contributed by atoms with E-state index in [9.17, 15) is 9.59 Å². The lowest BCUT2D eigenvalue weighted by Gasteiger charge is -2.07. The summed E-state index contributed by atoms with van der Waals surface area (Å²) in [6, 6.07) is 15.1. The van der Waals surface area contributed by atoms with E-state index in [2.05, 4.69) is 22.8 Å². The van der Waals surface area contributed by atoms with E-state index in [0.29, 0.717) is 23.8 Å². The molecule has 0 aromatic heterocycles. The summed E-state index contributed by atoms with van der Waals surface area (Å²) >= 11 is 0. The van der Waals surface area contributed by atoms with Crippen LogP contribution in [0.4, 0.5) is 5.69 Å². The van der Waals surface area contributed by atoms with Crippen molar-refractivity contribution >= 4 is 17.5 Å². The maximum atomic E-state index is 12.3. The maximum absolute atomic E-state index is 12.3. The summed E-state index contributed by atoms with van der Waals surface area (Å²) in [5.74, 6) is 1.01. The molecule has 0 bridgehead atoms. The van der Waals surface area contributed by atoms with E-state index >= 15 is 0 Å². The van der Waals surface area contributed by atoms with Crippen molar-refractivity contribution in [1.82, 2.24) is 5.32 Å². The maximum Gasteiger partial charge on any atom is 0.251 e. The monoisotopic (exact) mass is 338 g/mol. The predicted molar refractivity (Wildman–Crippen MR) is 97.0 cm³/mol. The Morgan fingerprint density at radius 2 is 1.76 bits per heavy atom. The van der Waals surface area contributed by atoms with Crippen molar-refractivity contribution in [3.63, 3.8) is 0 Å². The smallest absolute Gasteiger partial charge is 0.251 e. The summed E-state index contributed by atoms with van der Waals surface area (Å²) in [6.45, 7) is 4.07. The van der Waals surface area contributed by atoms with Gasteiger partial charge in [0.05, 0.1) is 6.61 Å². The molecule has 130 valence electrons. The zero-order valence-corrected chi connectivity index (χ0v) is 14.4. The number of hydrogen-bond acceptors (Lipinski definition) is 3. The molecule has 1 fully saturated rings. The Hall–Kier alpha value is -2.82. The minimum absolute atomic E-state index is 0.0900. The number of ether oxygens (including phenoxy) is 1. The van der Waals surface area contributed by atoms with Crippen LogP contribution in [0.25, 0.3) is 0 Å². The number of hydrogen-bond donors (Lipinski definition) is 2. The molecule has 2 aromatic rings. The molecular formula is C20H22N2O3. The molecule has 0 spiro atoms. The van der Waals surface area contributed by atoms with E-state index in [1.807, 2.05) is 19.1 Å². The quantitative estimate of drug-likeness (QED) is 0.849. The van der Waals surface area contributed by atoms with Gasteiger partial charge in [-0.3, -0.25) is 9.59 Å². The Bertz CT molecular complexity index is 754. The molecule has 25 heavy (non-hydrogen) atoms. The van der Waals surface area contributed by atoms with Crippen LogP contribution >= 0.6 is 0 Å². The largest absolute Gasteiger partial charge is 0.494 e. The SMILES string of the molecule is CCOc1ccc([C@@H]2C[C@H]2NC(=O)c2ccc(NC(C)=O)cc2)cc1. The van der Waals surface area contributed by atoms with Gasteiger partial charge in [-0.15, -0.1) is 0 Å². The van der Waals surface area contributed by atoms with Crippen LogP contribution in [0.2, 0.25) is 0 Å². The summed E-state index contributed by atoms with van der Waals surface area (Å²) in [5.41, 5.74) is 2.49. The highest BCUT2D eigenvalue weighted by molar-refractivity contribution is 5.95. The molecule has 5 nitrogen and oxygen atoms in total. The van der Waals surface area contributed by atoms with Crippen molar-refractivity contribution in [3.05, 3.63) is 59.7 Å². The normalized spacial score (nSPS) is 18.3. The zero-order valence-electron chi connectivity index (χ0n) is 14.4. The van der Waals surface area contributed by atoms with E-state index in [1.54, 1.807) is 24.3 Å². The lowest BCUT2D eigenvalue weighted by Crippen LogP contribution is -2.26. The van der Waals surface area contributed by atoms with E-state index in [-0.39, 0.29) is 17.9 Å². The minimum atomic E-state index is -0.131. The van der Waals surface area contributed by atoms with E-state index in [4.69, 9.17) is 4.74 Å². The Morgan fingerprint density at radius 1 is 1.08 bits per heavy atom. The van der Waals surface area contributed by atoms with Gasteiger partial charge in [0, 0.05) is 30.1 Å². The zero-order chi connectivity index (χ0) is 17.8. The van der Waals surface area contributed by atoms with Gasteiger partial charge in [0.2, 0.25) is 5.91 Å². The highest BCUT2D eigenvalue weighted by Crippen LogP contribution is 2.41. The van der Waals surface area contributed by atoms with Crippen molar-refractivity contribution < 1.29 is 14.3 Å². The van der Waals surface area contributed by atoms with E-state index in [1.165, 1.54) is 12.5 Å². The Kier molecular flexibility index (Phi) is 5.03. The van der Waals surface area contributed by atoms with Gasteiger partial charge in [-0.1, -0.05) is 12.1 Å². The minimum Gasteiger partial charge on any atom is -0.494 e. The van der Waals surface area contributed by atoms with Crippen LogP contribution in [0, 0.1) is 0 Å². The van der Waals surface area contributed by atoms with Gasteiger partial charge in [-0.25, -0.2) is 0 Å². The summed E-state index contributed by atoms with van der Waals surface area (Å²) < 4.78 is 5.45. The molecule has 2 amide bonds. The Balaban J connectivity index is 1.55. The summed E-state index contributed by atoms with van der Waals surface area (Å²) in [6.07, 6.45) is 0.948. The fourth-order valence-electron chi connectivity index (χ4n) is 2.86. The number of carbonyl (C=O) groups is 2. The number of carbonyl (C=O) groups excluding carboxylic acids is 2. The molecule has 0 saturated heterocycles. The molecule has 0 aliphatic heterocycles. The number of nitrogens with one attached hydrogen (secondary N) is 2. The van der Waals surface area contributed by atoms with Crippen LogP contribution in [-0.2, 0) is 4.79 Å². The first-order valence-corrected chi connectivity index (χ1v) is 8.48. The second kappa shape index (κ2) is 7.38. The van der Waals surface area contributed by atoms with Crippen molar-refractivity contribution in [1.29, 1.82) is 0 Å². The Morgan fingerprint density at radius 3 is 2.36 bits per heavy atom. The molecule has 1 saturated carbocycles. The number of anilines is 1. The fraction of sp³-hybridized carbons (Fsp3) is 0.300. The molecule has 5 heteroatoms. The highest BCUT2D eigenvalue weighted by atomic mass is 16.5. The van der Waals surface area contributed by atoms with Gasteiger partial charge >= 0.3 is 0 Å². The summed E-state index contributed by atoms with van der Waals surface area (Å²) in [4.78, 5) is 23.3. The molecule has 0 radical (unpaired) electrons. The van der Waals surface area contributed by atoms with Gasteiger partial charge in [0.1, 0.15) is 5.75 Å². The first-order chi connectivity index (χ1) is 12.1. The van der Waals surface area contributed by atoms with Crippen LogP contribution in [0.1, 0.15) is 42.1 Å². The molecule has 0 unspecified atom stereocenters. The Labute approximate surface area is 147 Å². The van der Waals surface area contributed by atoms with Gasteiger partial charge in [-0.2, -0.15) is 0 Å². The third kappa shape index (κ3) is 4.38. The topological polar surface area (TPSA) is 67.4 Å². The van der Waals surface area contributed by atoms with E-state index < -0.39 is 0 Å². The second-order valence-electron chi connectivity index (χ2n) is 6.18. The number of benzene rings is 2. The highest BCUT2D eigenvalue weighted by Gasteiger charge is 2.39. The van der Waals surface area contributed by atoms with Crippen LogP contribution < -0.4 is 15.4 Å². The molecule has 1 aliphatic carbocycles. The predicted octanol–water partition coefficient (Wildman–Crippen LogP) is 3.33. The molecule has 0 heterocycles. The second-order valence-corrected chi connectivity index (χ2v) is 6.18. The van der Waals surface area contributed by atoms with Gasteiger partial charge in [0.15, 0.2) is 0 Å².